The van der Waals surface area contributed by atoms with Gasteiger partial charge in [0.15, 0.2) is 0 Å². The molecule has 20 heavy (non-hydrogen) atoms. The van der Waals surface area contributed by atoms with Crippen LogP contribution in [-0.2, 0) is 10.0 Å². The molecule has 0 radical (unpaired) electrons. The zero-order valence-corrected chi connectivity index (χ0v) is 11.6. The lowest BCUT2D eigenvalue weighted by atomic mass is 10.4. The maximum Gasteiger partial charge on any atom is 0.261 e. The number of nitrogens with zero attached hydrogens (tertiary/aromatic N) is 3. The number of nitrogens with one attached hydrogen (secondary N) is 2. The van der Waals surface area contributed by atoms with Crippen LogP contribution in [0, 0.1) is 0 Å². The molecule has 3 rings (SSSR count). The molecule has 9 heteroatoms. The maximum absolute atomic E-state index is 12.3. The second-order valence-corrected chi connectivity index (χ2v) is 6.42. The molecule has 2 N–H and O–H groups in total. The molecule has 0 amide bonds. The molecule has 3 aromatic rings. The molecular weight excluding hydrogens is 298 g/mol. The van der Waals surface area contributed by atoms with Gasteiger partial charge in [-0.25, -0.2) is 8.42 Å². The zero-order chi connectivity index (χ0) is 14.0. The number of aromatic amines is 1. The summed E-state index contributed by atoms with van der Waals surface area (Å²) in [7, 11) is -3.63. The van der Waals surface area contributed by atoms with E-state index in [1.54, 1.807) is 29.6 Å². The van der Waals surface area contributed by atoms with Crippen molar-refractivity contribution in [2.24, 2.45) is 0 Å². The van der Waals surface area contributed by atoms with E-state index in [9.17, 15) is 8.42 Å². The number of rotatable bonds is 4. The highest BCUT2D eigenvalue weighted by Crippen LogP contribution is 2.32. The summed E-state index contributed by atoms with van der Waals surface area (Å²) in [6, 6.07) is 9.82. The molecule has 102 valence electrons. The average molecular weight is 307 g/mol. The maximum atomic E-state index is 12.3. The van der Waals surface area contributed by atoms with E-state index in [0.29, 0.717) is 16.4 Å². The Balaban J connectivity index is 1.95. The van der Waals surface area contributed by atoms with Gasteiger partial charge in [-0.05, 0) is 28.8 Å². The van der Waals surface area contributed by atoms with E-state index < -0.39 is 10.0 Å². The van der Waals surface area contributed by atoms with Gasteiger partial charge in [0.2, 0.25) is 5.82 Å². The molecule has 0 bridgehead atoms. The fourth-order valence-corrected chi connectivity index (χ4v) is 3.56. The molecule has 0 aliphatic rings. The lowest BCUT2D eigenvalue weighted by Gasteiger charge is -2.07. The standard InChI is InChI=1S/C11H9N5O2S2/c17-20(18,8-4-2-1-3-5-8)14-9-6-7-19-10(9)11-12-15-16-13-11/h1-7,14H,(H,12,13,15,16). The Morgan fingerprint density at radius 2 is 1.95 bits per heavy atom. The van der Waals surface area contributed by atoms with Crippen LogP contribution in [-0.4, -0.2) is 29.0 Å². The minimum Gasteiger partial charge on any atom is -0.278 e. The molecule has 0 unspecified atom stereocenters. The van der Waals surface area contributed by atoms with Crippen molar-refractivity contribution in [3.63, 3.8) is 0 Å². The number of thiophene rings is 1. The molecule has 0 spiro atoms. The second-order valence-electron chi connectivity index (χ2n) is 3.82. The fraction of sp³-hybridized carbons (Fsp3) is 0. The average Bonchev–Trinajstić information content (AvgIpc) is 3.10. The highest BCUT2D eigenvalue weighted by molar-refractivity contribution is 7.92. The molecule has 0 saturated heterocycles. The normalized spacial score (nSPS) is 11.4. The van der Waals surface area contributed by atoms with E-state index in [-0.39, 0.29) is 4.90 Å². The smallest absolute Gasteiger partial charge is 0.261 e. The highest BCUT2D eigenvalue weighted by atomic mass is 32.2. The minimum atomic E-state index is -3.63. The lowest BCUT2D eigenvalue weighted by Crippen LogP contribution is -2.12. The number of sulfonamides is 1. The van der Waals surface area contributed by atoms with Gasteiger partial charge in [0.25, 0.3) is 10.0 Å². The van der Waals surface area contributed by atoms with E-state index in [4.69, 9.17) is 0 Å². The molecule has 2 aromatic heterocycles. The molecule has 0 aliphatic carbocycles. The zero-order valence-electron chi connectivity index (χ0n) is 10.0. The molecule has 7 nitrogen and oxygen atoms in total. The molecular formula is C11H9N5O2S2. The highest BCUT2D eigenvalue weighted by Gasteiger charge is 2.18. The topological polar surface area (TPSA) is 101 Å². The number of aromatic nitrogens is 4. The number of anilines is 1. The number of H-pyrrole nitrogens is 1. The summed E-state index contributed by atoms with van der Waals surface area (Å²) in [6.45, 7) is 0. The van der Waals surface area contributed by atoms with Gasteiger partial charge in [-0.15, -0.1) is 21.5 Å². The van der Waals surface area contributed by atoms with Crippen molar-refractivity contribution in [1.29, 1.82) is 0 Å². The van der Waals surface area contributed by atoms with Crippen molar-refractivity contribution >= 4 is 27.0 Å². The first-order valence-electron chi connectivity index (χ1n) is 5.56. The second kappa shape index (κ2) is 5.02. The van der Waals surface area contributed by atoms with Crippen LogP contribution >= 0.6 is 11.3 Å². The predicted octanol–water partition coefficient (Wildman–Crippen LogP) is 1.73. The van der Waals surface area contributed by atoms with E-state index >= 15 is 0 Å². The number of hydrogen-bond acceptors (Lipinski definition) is 6. The fourth-order valence-electron chi connectivity index (χ4n) is 1.62. The quantitative estimate of drug-likeness (QED) is 0.764. The van der Waals surface area contributed by atoms with Crippen LogP contribution in [0.15, 0.2) is 46.7 Å². The summed E-state index contributed by atoms with van der Waals surface area (Å²) in [5, 5.41) is 15.3. The summed E-state index contributed by atoms with van der Waals surface area (Å²) in [4.78, 5) is 0.809. The summed E-state index contributed by atoms with van der Waals surface area (Å²) in [5.41, 5.74) is 0.431. The van der Waals surface area contributed by atoms with Crippen LogP contribution in [0.5, 0.6) is 0 Å². The van der Waals surface area contributed by atoms with Gasteiger partial charge in [-0.3, -0.25) is 4.72 Å². The van der Waals surface area contributed by atoms with Gasteiger partial charge in [0.05, 0.1) is 15.5 Å². The Bertz CT molecular complexity index is 796. The van der Waals surface area contributed by atoms with Crippen molar-refractivity contribution in [2.45, 2.75) is 4.90 Å². The summed E-state index contributed by atoms with van der Waals surface area (Å²) in [6.07, 6.45) is 0. The van der Waals surface area contributed by atoms with Crippen molar-refractivity contribution < 1.29 is 8.42 Å². The Hall–Kier alpha value is -2.26. The van der Waals surface area contributed by atoms with E-state index in [1.165, 1.54) is 23.5 Å². The van der Waals surface area contributed by atoms with Gasteiger partial charge < -0.3 is 0 Å². The Morgan fingerprint density at radius 1 is 1.15 bits per heavy atom. The van der Waals surface area contributed by atoms with Gasteiger partial charge in [-0.2, -0.15) is 5.21 Å². The van der Waals surface area contributed by atoms with Crippen molar-refractivity contribution in [1.82, 2.24) is 20.6 Å². The van der Waals surface area contributed by atoms with E-state index in [2.05, 4.69) is 25.3 Å². The molecule has 0 fully saturated rings. The van der Waals surface area contributed by atoms with Gasteiger partial charge >= 0.3 is 0 Å². The van der Waals surface area contributed by atoms with E-state index in [1.807, 2.05) is 0 Å². The molecule has 2 heterocycles. The number of tetrazole rings is 1. The van der Waals surface area contributed by atoms with Crippen molar-refractivity contribution in [3.8, 4) is 10.7 Å². The van der Waals surface area contributed by atoms with Crippen LogP contribution in [0.3, 0.4) is 0 Å². The third-order valence-electron chi connectivity index (χ3n) is 2.51. The Morgan fingerprint density at radius 3 is 2.65 bits per heavy atom. The monoisotopic (exact) mass is 307 g/mol. The van der Waals surface area contributed by atoms with Crippen molar-refractivity contribution in [2.75, 3.05) is 4.72 Å². The first-order chi connectivity index (χ1) is 9.67. The molecule has 1 aromatic carbocycles. The van der Waals surface area contributed by atoms with Crippen LogP contribution in [0.4, 0.5) is 5.69 Å². The third kappa shape index (κ3) is 2.40. The number of hydrogen-bond donors (Lipinski definition) is 2. The summed E-state index contributed by atoms with van der Waals surface area (Å²) >= 11 is 1.33. The van der Waals surface area contributed by atoms with Gasteiger partial charge in [0, 0.05) is 0 Å². The Labute approximate surface area is 118 Å². The van der Waals surface area contributed by atoms with Crippen molar-refractivity contribution in [3.05, 3.63) is 41.8 Å². The van der Waals surface area contributed by atoms with Gasteiger partial charge in [-0.1, -0.05) is 18.2 Å². The first kappa shape index (κ1) is 12.8. The predicted molar refractivity (Wildman–Crippen MR) is 74.7 cm³/mol. The SMILES string of the molecule is O=S(=O)(Nc1ccsc1-c1nn[nH]n1)c1ccccc1. The Kier molecular flexibility index (Phi) is 3.20. The third-order valence-corrected chi connectivity index (χ3v) is 4.80. The molecule has 0 atom stereocenters. The largest absolute Gasteiger partial charge is 0.278 e. The van der Waals surface area contributed by atoms with Crippen LogP contribution < -0.4 is 4.72 Å². The van der Waals surface area contributed by atoms with Crippen LogP contribution in [0.25, 0.3) is 10.7 Å². The minimum absolute atomic E-state index is 0.199. The molecule has 0 aliphatic heterocycles. The lowest BCUT2D eigenvalue weighted by molar-refractivity contribution is 0.601. The van der Waals surface area contributed by atoms with Crippen LogP contribution in [0.1, 0.15) is 0 Å². The summed E-state index contributed by atoms with van der Waals surface area (Å²) in [5.74, 6) is 0.353. The van der Waals surface area contributed by atoms with Gasteiger partial charge in [0.1, 0.15) is 0 Å². The van der Waals surface area contributed by atoms with E-state index in [0.717, 1.165) is 0 Å². The van der Waals surface area contributed by atoms with Crippen LogP contribution in [0.2, 0.25) is 0 Å². The first-order valence-corrected chi connectivity index (χ1v) is 7.92. The number of benzene rings is 1. The molecule has 0 saturated carbocycles. The summed E-state index contributed by atoms with van der Waals surface area (Å²) < 4.78 is 27.0.